The van der Waals surface area contributed by atoms with E-state index in [1.165, 1.54) is 37.3 Å². The molecule has 1 aliphatic carbocycles. The molecule has 8 rings (SSSR count). The average molecular weight is 663 g/mol. The maximum absolute atomic E-state index is 17.0. The predicted molar refractivity (Wildman–Crippen MR) is 175 cm³/mol. The fourth-order valence-electron chi connectivity index (χ4n) is 8.93. The Labute approximate surface area is 275 Å². The molecular formula is C37H38F4N4O3. The summed E-state index contributed by atoms with van der Waals surface area (Å²) in [5.74, 6) is -2.25. The molecule has 4 aliphatic rings. The number of hydrogen-bond acceptors (Lipinski definition) is 7. The summed E-state index contributed by atoms with van der Waals surface area (Å²) < 4.78 is 68.9. The van der Waals surface area contributed by atoms with Crippen molar-refractivity contribution in [1.29, 1.82) is 0 Å². The highest BCUT2D eigenvalue weighted by Gasteiger charge is 2.48. The number of anilines is 1. The zero-order chi connectivity index (χ0) is 33.5. The molecule has 0 spiro atoms. The van der Waals surface area contributed by atoms with Crippen LogP contribution in [0.1, 0.15) is 51.5 Å². The first kappa shape index (κ1) is 31.3. The molecule has 252 valence electrons. The van der Waals surface area contributed by atoms with Gasteiger partial charge in [-0.25, -0.2) is 17.6 Å². The van der Waals surface area contributed by atoms with Crippen molar-refractivity contribution >= 4 is 27.5 Å². The Bertz CT molecular complexity index is 2000. The first-order valence-corrected chi connectivity index (χ1v) is 16.8. The minimum Gasteiger partial charge on any atom is -0.508 e. The molecule has 3 saturated heterocycles. The molecule has 3 aliphatic heterocycles. The lowest BCUT2D eigenvalue weighted by atomic mass is 9.91. The van der Waals surface area contributed by atoms with Gasteiger partial charge in [0.05, 0.1) is 23.0 Å². The van der Waals surface area contributed by atoms with Crippen molar-refractivity contribution in [3.05, 3.63) is 64.7 Å². The minimum atomic E-state index is -0.975. The molecule has 1 saturated carbocycles. The van der Waals surface area contributed by atoms with E-state index in [1.54, 1.807) is 6.92 Å². The Morgan fingerprint density at radius 1 is 1.08 bits per heavy atom. The second-order valence-electron chi connectivity index (χ2n) is 14.2. The molecule has 0 amide bonds. The van der Waals surface area contributed by atoms with Crippen LogP contribution in [-0.4, -0.2) is 69.5 Å². The summed E-state index contributed by atoms with van der Waals surface area (Å²) in [5.41, 5.74) is 0.0232. The number of halogens is 4. The Kier molecular flexibility index (Phi) is 7.56. The maximum Gasteiger partial charge on any atom is 0.319 e. The maximum atomic E-state index is 17.0. The molecule has 4 atom stereocenters. The van der Waals surface area contributed by atoms with Crippen LogP contribution in [0, 0.1) is 29.3 Å². The third kappa shape index (κ3) is 5.00. The number of aliphatic hydroxyl groups excluding tert-OH is 1. The second kappa shape index (κ2) is 11.6. The lowest BCUT2D eigenvalue weighted by Gasteiger charge is -2.34. The Morgan fingerprint density at radius 2 is 1.92 bits per heavy atom. The van der Waals surface area contributed by atoms with Gasteiger partial charge in [0.25, 0.3) is 0 Å². The highest BCUT2D eigenvalue weighted by atomic mass is 19.1. The number of rotatable bonds is 6. The van der Waals surface area contributed by atoms with Crippen LogP contribution in [0.25, 0.3) is 32.8 Å². The van der Waals surface area contributed by atoms with Gasteiger partial charge in [-0.1, -0.05) is 13.0 Å². The van der Waals surface area contributed by atoms with Gasteiger partial charge in [0.15, 0.2) is 5.82 Å². The Balaban J connectivity index is 1.29. The Morgan fingerprint density at radius 3 is 2.69 bits per heavy atom. The van der Waals surface area contributed by atoms with Crippen molar-refractivity contribution in [3.8, 4) is 22.9 Å². The first-order valence-electron chi connectivity index (χ1n) is 16.8. The van der Waals surface area contributed by atoms with Crippen LogP contribution in [0.3, 0.4) is 0 Å². The van der Waals surface area contributed by atoms with Crippen molar-refractivity contribution in [2.24, 2.45) is 11.8 Å². The van der Waals surface area contributed by atoms with Crippen LogP contribution in [0.5, 0.6) is 11.8 Å². The molecule has 1 aromatic heterocycles. The van der Waals surface area contributed by atoms with Crippen molar-refractivity contribution in [2.75, 3.05) is 37.7 Å². The van der Waals surface area contributed by atoms with Crippen LogP contribution in [0.4, 0.5) is 23.4 Å². The predicted octanol–water partition coefficient (Wildman–Crippen LogP) is 7.20. The van der Waals surface area contributed by atoms with Crippen LogP contribution in [0.15, 0.2) is 41.7 Å². The number of aliphatic hydroxyl groups is 1. The van der Waals surface area contributed by atoms with Crippen LogP contribution < -0.4 is 9.64 Å². The number of fused-ring (bicyclic) bond motifs is 5. The van der Waals surface area contributed by atoms with Gasteiger partial charge >= 0.3 is 6.01 Å². The number of piperidine rings is 1. The van der Waals surface area contributed by atoms with Gasteiger partial charge in [-0.2, -0.15) is 9.97 Å². The normalized spacial score (nSPS) is 26.6. The molecular weight excluding hydrogens is 624 g/mol. The molecule has 2 bridgehead atoms. The van der Waals surface area contributed by atoms with E-state index in [0.29, 0.717) is 49.1 Å². The third-order valence-corrected chi connectivity index (χ3v) is 11.2. The standard InChI is InChI=1S/C37H38F4N4O3/c1-3-25-28(39)6-5-21-11-24(46)12-26(31(21)25)32-29(40)13-27-34(33(32)41)42-36(43-35(27)44-15-20-9-22(16-44)30(47)10-20)48-18-37-7-4-8-45(37)17-23(14-37)19(2)38/h5-6,11-13,20,22,30,46-47H,3-4,7-10,14-18H2,1-2H3/b23-19+/t20-,22-,30-,37?/m1/s1. The lowest BCUT2D eigenvalue weighted by molar-refractivity contribution is 0.108. The van der Waals surface area contributed by atoms with Crippen LogP contribution in [-0.2, 0) is 6.42 Å². The first-order chi connectivity index (χ1) is 23.0. The Hall–Kier alpha value is -3.96. The van der Waals surface area contributed by atoms with Crippen LogP contribution in [0.2, 0.25) is 0 Å². The lowest BCUT2D eigenvalue weighted by Crippen LogP contribution is -2.43. The van der Waals surface area contributed by atoms with E-state index in [2.05, 4.69) is 9.88 Å². The number of allylic oxidation sites excluding steroid dienone is 1. The highest BCUT2D eigenvalue weighted by Crippen LogP contribution is 2.45. The molecule has 7 nitrogen and oxygen atoms in total. The molecule has 0 radical (unpaired) electrons. The van der Waals surface area contributed by atoms with Gasteiger partial charge in [0, 0.05) is 30.9 Å². The SMILES string of the molecule is CCc1c(F)ccc2cc(O)cc(-c3c(F)cc4c(N5C[C@@H]6C[C@H](C5)[C@H](O)C6)nc(OCC56CCCN5C/C(=C(\C)F)C6)nc4c3F)c12. The molecule has 3 aromatic carbocycles. The summed E-state index contributed by atoms with van der Waals surface area (Å²) in [5, 5.41) is 22.1. The second-order valence-corrected chi connectivity index (χ2v) is 14.2. The number of ether oxygens (including phenoxy) is 1. The molecule has 48 heavy (non-hydrogen) atoms. The van der Waals surface area contributed by atoms with Gasteiger partial charge in [0.2, 0.25) is 0 Å². The summed E-state index contributed by atoms with van der Waals surface area (Å²) in [6.07, 6.45) is 3.62. The number of aryl methyl sites for hydroxylation is 1. The van der Waals surface area contributed by atoms with Crippen LogP contribution >= 0.6 is 0 Å². The van der Waals surface area contributed by atoms with E-state index < -0.39 is 34.7 Å². The molecule has 11 heteroatoms. The number of aromatic hydroxyl groups is 1. The number of nitrogens with zero attached hydrogens (tertiary/aromatic N) is 4. The van der Waals surface area contributed by atoms with Gasteiger partial charge in [-0.05, 0) is 110 Å². The van der Waals surface area contributed by atoms with E-state index in [0.717, 1.165) is 31.4 Å². The summed E-state index contributed by atoms with van der Waals surface area (Å²) in [4.78, 5) is 13.5. The van der Waals surface area contributed by atoms with E-state index >= 15 is 13.2 Å². The number of aromatic nitrogens is 2. The van der Waals surface area contributed by atoms with Gasteiger partial charge in [0.1, 0.15) is 35.3 Å². The van der Waals surface area contributed by atoms with E-state index in [1.807, 2.05) is 4.90 Å². The summed E-state index contributed by atoms with van der Waals surface area (Å²) in [6.45, 7) is 5.78. The average Bonchev–Trinajstić information content (AvgIpc) is 3.69. The highest BCUT2D eigenvalue weighted by molar-refractivity contribution is 6.03. The van der Waals surface area contributed by atoms with E-state index in [-0.39, 0.29) is 64.5 Å². The van der Waals surface area contributed by atoms with Gasteiger partial charge < -0.3 is 19.8 Å². The van der Waals surface area contributed by atoms with Gasteiger partial charge in [-0.3, -0.25) is 4.90 Å². The van der Waals surface area contributed by atoms with Gasteiger partial charge in [-0.15, -0.1) is 0 Å². The number of phenolic OH excluding ortho intramolecular Hbond substituents is 1. The largest absolute Gasteiger partial charge is 0.508 e. The molecule has 4 aromatic rings. The van der Waals surface area contributed by atoms with Crippen molar-refractivity contribution in [3.63, 3.8) is 0 Å². The summed E-state index contributed by atoms with van der Waals surface area (Å²) in [7, 11) is 0. The fourth-order valence-corrected chi connectivity index (χ4v) is 8.93. The quantitative estimate of drug-likeness (QED) is 0.211. The molecule has 4 fully saturated rings. The summed E-state index contributed by atoms with van der Waals surface area (Å²) in [6, 6.07) is 6.59. The summed E-state index contributed by atoms with van der Waals surface area (Å²) >= 11 is 0. The smallest absolute Gasteiger partial charge is 0.319 e. The zero-order valence-corrected chi connectivity index (χ0v) is 27.0. The topological polar surface area (TPSA) is 82.0 Å². The van der Waals surface area contributed by atoms with E-state index in [9.17, 15) is 14.6 Å². The minimum absolute atomic E-state index is 0.00620. The number of hydrogen-bond donors (Lipinski definition) is 2. The fraction of sp³-hybridized carbons (Fsp3) is 0.459. The molecule has 2 N–H and O–H groups in total. The number of benzene rings is 3. The van der Waals surface area contributed by atoms with Crippen molar-refractivity contribution in [2.45, 2.75) is 64.0 Å². The molecule has 1 unspecified atom stereocenters. The number of phenols is 1. The molecule has 4 heterocycles. The monoisotopic (exact) mass is 662 g/mol. The van der Waals surface area contributed by atoms with Crippen molar-refractivity contribution < 1.29 is 32.5 Å². The zero-order valence-electron chi connectivity index (χ0n) is 27.0. The van der Waals surface area contributed by atoms with E-state index in [4.69, 9.17) is 9.72 Å². The third-order valence-electron chi connectivity index (χ3n) is 11.2. The van der Waals surface area contributed by atoms with Crippen molar-refractivity contribution in [1.82, 2.24) is 14.9 Å².